The second-order valence-electron chi connectivity index (χ2n) is 5.35. The van der Waals surface area contributed by atoms with Gasteiger partial charge in [0.25, 0.3) is 0 Å². The van der Waals surface area contributed by atoms with E-state index in [0.29, 0.717) is 18.4 Å². The molecule has 0 amide bonds. The highest BCUT2D eigenvalue weighted by molar-refractivity contribution is 5.75. The van der Waals surface area contributed by atoms with Gasteiger partial charge in [-0.25, -0.2) is 0 Å². The summed E-state index contributed by atoms with van der Waals surface area (Å²) in [5.74, 6) is 1.63. The molecule has 0 spiro atoms. The minimum atomic E-state index is -0.181. The average Bonchev–Trinajstić information content (AvgIpc) is 2.98. The zero-order chi connectivity index (χ0) is 13.8. The van der Waals surface area contributed by atoms with Gasteiger partial charge in [0.1, 0.15) is 6.04 Å². The maximum Gasteiger partial charge on any atom is 0.323 e. The third kappa shape index (κ3) is 3.53. The fourth-order valence-electron chi connectivity index (χ4n) is 2.39. The molecule has 6 nitrogen and oxygen atoms in total. The van der Waals surface area contributed by atoms with Crippen LogP contribution in [0, 0.1) is 5.92 Å². The zero-order valence-corrected chi connectivity index (χ0v) is 11.8. The Morgan fingerprint density at radius 3 is 3.05 bits per heavy atom. The monoisotopic (exact) mass is 267 g/mol. The number of rotatable bonds is 5. The Bertz CT molecular complexity index is 431. The Morgan fingerprint density at radius 2 is 2.37 bits per heavy atom. The van der Waals surface area contributed by atoms with Crippen molar-refractivity contribution < 1.29 is 14.1 Å². The van der Waals surface area contributed by atoms with E-state index in [-0.39, 0.29) is 12.0 Å². The van der Waals surface area contributed by atoms with Crippen LogP contribution >= 0.6 is 0 Å². The molecule has 1 aliphatic heterocycles. The molecule has 1 atom stereocenters. The molecule has 0 aliphatic carbocycles. The first-order valence-corrected chi connectivity index (χ1v) is 6.73. The van der Waals surface area contributed by atoms with E-state index in [1.165, 1.54) is 7.11 Å². The number of esters is 1. The number of carbonyl (C=O) groups is 1. The molecule has 6 heteroatoms. The van der Waals surface area contributed by atoms with Crippen LogP contribution in [0.2, 0.25) is 0 Å². The fourth-order valence-corrected chi connectivity index (χ4v) is 2.39. The summed E-state index contributed by atoms with van der Waals surface area (Å²) < 4.78 is 10.0. The Hall–Kier alpha value is -1.43. The van der Waals surface area contributed by atoms with E-state index in [0.717, 1.165) is 31.6 Å². The van der Waals surface area contributed by atoms with E-state index in [1.54, 1.807) is 0 Å². The lowest BCUT2D eigenvalue weighted by molar-refractivity contribution is -0.146. The van der Waals surface area contributed by atoms with Gasteiger partial charge in [0.2, 0.25) is 5.89 Å². The molecule has 1 aromatic rings. The number of nitrogens with zero attached hydrogens (tertiary/aromatic N) is 3. The Morgan fingerprint density at radius 1 is 1.58 bits per heavy atom. The van der Waals surface area contributed by atoms with Crippen molar-refractivity contribution in [3.05, 3.63) is 11.7 Å². The number of aromatic nitrogens is 2. The van der Waals surface area contributed by atoms with Gasteiger partial charge in [-0.05, 0) is 25.3 Å². The molecule has 1 aliphatic rings. The summed E-state index contributed by atoms with van der Waals surface area (Å²) in [7, 11) is 1.42. The highest BCUT2D eigenvalue weighted by atomic mass is 16.5. The molecule has 19 heavy (non-hydrogen) atoms. The summed E-state index contributed by atoms with van der Waals surface area (Å²) in [6, 6.07) is -0.176. The molecule has 0 aromatic carbocycles. The first-order chi connectivity index (χ1) is 9.10. The quantitative estimate of drug-likeness (QED) is 0.751. The van der Waals surface area contributed by atoms with E-state index in [9.17, 15) is 4.79 Å². The van der Waals surface area contributed by atoms with Crippen molar-refractivity contribution in [1.82, 2.24) is 15.0 Å². The van der Waals surface area contributed by atoms with E-state index in [4.69, 9.17) is 9.26 Å². The molecule has 0 N–H and O–H groups in total. The lowest BCUT2D eigenvalue weighted by Crippen LogP contribution is -2.36. The molecule has 1 aromatic heterocycles. The van der Waals surface area contributed by atoms with Gasteiger partial charge in [-0.15, -0.1) is 0 Å². The standard InChI is InChI=1S/C13H21N3O3/c1-9(2)7-11-14-12(19-15-11)8-16-6-4-5-10(16)13(17)18-3/h9-10H,4-8H2,1-3H3. The lowest BCUT2D eigenvalue weighted by Gasteiger charge is -2.19. The maximum absolute atomic E-state index is 11.6. The molecule has 1 unspecified atom stereocenters. The lowest BCUT2D eigenvalue weighted by atomic mass is 10.1. The van der Waals surface area contributed by atoms with Crippen LogP contribution in [0.25, 0.3) is 0 Å². The highest BCUT2D eigenvalue weighted by Gasteiger charge is 2.32. The Balaban J connectivity index is 1.96. The van der Waals surface area contributed by atoms with E-state index < -0.39 is 0 Å². The molecule has 2 heterocycles. The summed E-state index contributed by atoms with van der Waals surface area (Å²) in [4.78, 5) is 18.0. The molecule has 1 saturated heterocycles. The van der Waals surface area contributed by atoms with Gasteiger partial charge in [0.15, 0.2) is 5.82 Å². The molecule has 0 radical (unpaired) electrons. The van der Waals surface area contributed by atoms with Crippen molar-refractivity contribution in [1.29, 1.82) is 0 Å². The van der Waals surface area contributed by atoms with Crippen molar-refractivity contribution in [3.63, 3.8) is 0 Å². The van der Waals surface area contributed by atoms with Crippen molar-refractivity contribution in [2.24, 2.45) is 5.92 Å². The number of likely N-dealkylation sites (tertiary alicyclic amines) is 1. The van der Waals surface area contributed by atoms with Gasteiger partial charge in [-0.3, -0.25) is 9.69 Å². The van der Waals surface area contributed by atoms with E-state index >= 15 is 0 Å². The maximum atomic E-state index is 11.6. The van der Waals surface area contributed by atoms with Crippen LogP contribution < -0.4 is 0 Å². The molecular weight excluding hydrogens is 246 g/mol. The van der Waals surface area contributed by atoms with Crippen molar-refractivity contribution in [2.45, 2.75) is 45.7 Å². The van der Waals surface area contributed by atoms with Crippen LogP contribution in [0.1, 0.15) is 38.4 Å². The van der Waals surface area contributed by atoms with Gasteiger partial charge in [0.05, 0.1) is 13.7 Å². The minimum Gasteiger partial charge on any atom is -0.468 e. The summed E-state index contributed by atoms with van der Waals surface area (Å²) in [5.41, 5.74) is 0. The van der Waals surface area contributed by atoms with Gasteiger partial charge >= 0.3 is 5.97 Å². The minimum absolute atomic E-state index is 0.176. The first kappa shape index (κ1) is 14.0. The van der Waals surface area contributed by atoms with E-state index in [2.05, 4.69) is 24.0 Å². The Labute approximate surface area is 113 Å². The topological polar surface area (TPSA) is 68.5 Å². The van der Waals surface area contributed by atoms with Crippen molar-refractivity contribution in [2.75, 3.05) is 13.7 Å². The summed E-state index contributed by atoms with van der Waals surface area (Å²) in [5, 5.41) is 3.96. The zero-order valence-electron chi connectivity index (χ0n) is 11.8. The van der Waals surface area contributed by atoms with Crippen molar-refractivity contribution in [3.8, 4) is 0 Å². The SMILES string of the molecule is COC(=O)C1CCCN1Cc1nc(CC(C)C)no1. The highest BCUT2D eigenvalue weighted by Crippen LogP contribution is 2.20. The van der Waals surface area contributed by atoms with Gasteiger partial charge in [-0.2, -0.15) is 4.98 Å². The predicted molar refractivity (Wildman–Crippen MR) is 68.3 cm³/mol. The van der Waals surface area contributed by atoms with Crippen LogP contribution in [-0.4, -0.2) is 40.7 Å². The van der Waals surface area contributed by atoms with Crippen LogP contribution in [-0.2, 0) is 22.5 Å². The van der Waals surface area contributed by atoms with Gasteiger partial charge < -0.3 is 9.26 Å². The van der Waals surface area contributed by atoms with Gasteiger partial charge in [-0.1, -0.05) is 19.0 Å². The number of hydrogen-bond acceptors (Lipinski definition) is 6. The molecular formula is C13H21N3O3. The number of carbonyl (C=O) groups excluding carboxylic acids is 1. The first-order valence-electron chi connectivity index (χ1n) is 6.73. The van der Waals surface area contributed by atoms with Crippen LogP contribution in [0.4, 0.5) is 0 Å². The summed E-state index contributed by atoms with van der Waals surface area (Å²) in [6.07, 6.45) is 2.64. The van der Waals surface area contributed by atoms with Crippen LogP contribution in [0.3, 0.4) is 0 Å². The third-order valence-corrected chi connectivity index (χ3v) is 3.28. The number of ether oxygens (including phenoxy) is 1. The summed E-state index contributed by atoms with van der Waals surface area (Å²) >= 11 is 0. The second kappa shape index (κ2) is 6.14. The van der Waals surface area contributed by atoms with Crippen molar-refractivity contribution >= 4 is 5.97 Å². The number of hydrogen-bond donors (Lipinski definition) is 0. The molecule has 0 bridgehead atoms. The molecule has 1 fully saturated rings. The smallest absolute Gasteiger partial charge is 0.323 e. The van der Waals surface area contributed by atoms with Crippen LogP contribution in [0.5, 0.6) is 0 Å². The van der Waals surface area contributed by atoms with Crippen LogP contribution in [0.15, 0.2) is 4.52 Å². The average molecular weight is 267 g/mol. The second-order valence-corrected chi connectivity index (χ2v) is 5.35. The molecule has 0 saturated carbocycles. The normalized spacial score (nSPS) is 20.1. The summed E-state index contributed by atoms with van der Waals surface area (Å²) in [6.45, 7) is 5.61. The predicted octanol–water partition coefficient (Wildman–Crippen LogP) is 1.41. The largest absolute Gasteiger partial charge is 0.468 e. The molecule has 2 rings (SSSR count). The van der Waals surface area contributed by atoms with Gasteiger partial charge in [0, 0.05) is 6.42 Å². The molecule has 106 valence electrons. The van der Waals surface area contributed by atoms with E-state index in [1.807, 2.05) is 4.90 Å². The Kier molecular flexibility index (Phi) is 4.52. The fraction of sp³-hybridized carbons (Fsp3) is 0.769. The third-order valence-electron chi connectivity index (χ3n) is 3.28. The number of methoxy groups -OCH3 is 1.